The van der Waals surface area contributed by atoms with Gasteiger partial charge in [0.2, 0.25) is 5.89 Å². The van der Waals surface area contributed by atoms with Gasteiger partial charge in [0.15, 0.2) is 17.2 Å². The molecule has 2 N–H and O–H groups in total. The molecule has 7 heteroatoms. The predicted molar refractivity (Wildman–Crippen MR) is 87.2 cm³/mol. The van der Waals surface area contributed by atoms with Gasteiger partial charge < -0.3 is 24.5 Å². The van der Waals surface area contributed by atoms with Gasteiger partial charge in [-0.3, -0.25) is 4.79 Å². The number of nitrogens with one attached hydrogen (secondary N) is 2. The summed E-state index contributed by atoms with van der Waals surface area (Å²) in [5.41, 5.74) is 1.20. The highest BCUT2D eigenvalue weighted by molar-refractivity contribution is 5.91. The third kappa shape index (κ3) is 3.51. The maximum Gasteiger partial charge on any atom is 0.273 e. The van der Waals surface area contributed by atoms with Crippen molar-refractivity contribution in [3.63, 3.8) is 0 Å². The van der Waals surface area contributed by atoms with Crippen LogP contribution in [-0.4, -0.2) is 31.7 Å². The quantitative estimate of drug-likeness (QED) is 0.842. The minimum Gasteiger partial charge on any atom is -0.493 e. The van der Waals surface area contributed by atoms with Crippen LogP contribution in [0.25, 0.3) is 0 Å². The number of ether oxygens (including phenoxy) is 2. The van der Waals surface area contributed by atoms with Crippen LogP contribution in [0.15, 0.2) is 28.9 Å². The highest BCUT2D eigenvalue weighted by atomic mass is 16.5. The maximum atomic E-state index is 12.2. The summed E-state index contributed by atoms with van der Waals surface area (Å²) in [6.45, 7) is 1.32. The van der Waals surface area contributed by atoms with Gasteiger partial charge in [-0.1, -0.05) is 6.07 Å². The molecule has 2 heterocycles. The molecule has 128 valence electrons. The van der Waals surface area contributed by atoms with Crippen LogP contribution in [0.1, 0.15) is 40.8 Å². The number of hydrogen-bond acceptors (Lipinski definition) is 6. The van der Waals surface area contributed by atoms with Gasteiger partial charge in [0.25, 0.3) is 5.91 Å². The van der Waals surface area contributed by atoms with Gasteiger partial charge in [-0.2, -0.15) is 0 Å². The number of carbonyl (C=O) groups excluding carboxylic acids is 1. The zero-order chi connectivity index (χ0) is 16.9. The van der Waals surface area contributed by atoms with E-state index in [2.05, 4.69) is 15.6 Å². The molecule has 1 aliphatic heterocycles. The summed E-state index contributed by atoms with van der Waals surface area (Å²) in [5.74, 6) is 1.58. The number of aromatic nitrogens is 1. The van der Waals surface area contributed by atoms with Crippen LogP contribution in [0, 0.1) is 0 Å². The van der Waals surface area contributed by atoms with E-state index in [9.17, 15) is 4.79 Å². The van der Waals surface area contributed by atoms with Crippen molar-refractivity contribution in [2.75, 3.05) is 20.8 Å². The second-order valence-corrected chi connectivity index (χ2v) is 5.59. The topological polar surface area (TPSA) is 85.6 Å². The standard InChI is InChI=1S/C17H21N3O4/c1-22-14-6-5-11(8-15(14)23-2)9-19-16(21)13-10-24-17(20-13)12-4-3-7-18-12/h5-6,8,10,12,18H,3-4,7,9H2,1-2H3,(H,19,21). The van der Waals surface area contributed by atoms with Crippen LogP contribution in [0.5, 0.6) is 11.5 Å². The van der Waals surface area contributed by atoms with E-state index in [1.54, 1.807) is 20.3 Å². The van der Waals surface area contributed by atoms with Gasteiger partial charge in [0.1, 0.15) is 6.26 Å². The third-order valence-corrected chi connectivity index (χ3v) is 4.01. The normalized spacial score (nSPS) is 16.8. The van der Waals surface area contributed by atoms with Crippen molar-refractivity contribution < 1.29 is 18.7 Å². The first-order valence-corrected chi connectivity index (χ1v) is 7.89. The Kier molecular flexibility index (Phi) is 5.00. The summed E-state index contributed by atoms with van der Waals surface area (Å²) in [6, 6.07) is 5.62. The molecular weight excluding hydrogens is 310 g/mol. The van der Waals surface area contributed by atoms with E-state index in [1.807, 2.05) is 12.1 Å². The van der Waals surface area contributed by atoms with Gasteiger partial charge in [-0.15, -0.1) is 0 Å². The molecule has 1 atom stereocenters. The lowest BCUT2D eigenvalue weighted by molar-refractivity contribution is 0.0946. The SMILES string of the molecule is COc1ccc(CNC(=O)c2coc(C3CCCN3)n2)cc1OC. The van der Waals surface area contributed by atoms with Crippen molar-refractivity contribution in [2.24, 2.45) is 0 Å². The average Bonchev–Trinajstić information content (AvgIpc) is 3.30. The van der Waals surface area contributed by atoms with Crippen LogP contribution in [0.2, 0.25) is 0 Å². The van der Waals surface area contributed by atoms with Gasteiger partial charge in [0.05, 0.1) is 20.3 Å². The number of methoxy groups -OCH3 is 2. The number of benzene rings is 1. The van der Waals surface area contributed by atoms with Crippen LogP contribution >= 0.6 is 0 Å². The van der Waals surface area contributed by atoms with Crippen LogP contribution in [-0.2, 0) is 6.54 Å². The van der Waals surface area contributed by atoms with Crippen LogP contribution < -0.4 is 20.1 Å². The predicted octanol–water partition coefficient (Wildman–Crippen LogP) is 2.05. The molecule has 0 bridgehead atoms. The van der Waals surface area contributed by atoms with E-state index in [4.69, 9.17) is 13.9 Å². The molecule has 24 heavy (non-hydrogen) atoms. The van der Waals surface area contributed by atoms with E-state index in [-0.39, 0.29) is 11.9 Å². The van der Waals surface area contributed by atoms with E-state index in [1.165, 1.54) is 6.26 Å². The molecule has 0 spiro atoms. The zero-order valence-corrected chi connectivity index (χ0v) is 13.8. The van der Waals surface area contributed by atoms with E-state index in [0.29, 0.717) is 29.6 Å². The fourth-order valence-corrected chi connectivity index (χ4v) is 2.71. The first-order valence-electron chi connectivity index (χ1n) is 7.89. The third-order valence-electron chi connectivity index (χ3n) is 4.01. The highest BCUT2D eigenvalue weighted by Gasteiger charge is 2.22. The molecule has 1 fully saturated rings. The van der Waals surface area contributed by atoms with Crippen molar-refractivity contribution >= 4 is 5.91 Å². The van der Waals surface area contributed by atoms with Crippen molar-refractivity contribution in [1.82, 2.24) is 15.6 Å². The fourth-order valence-electron chi connectivity index (χ4n) is 2.71. The van der Waals surface area contributed by atoms with E-state index >= 15 is 0 Å². The molecule has 1 amide bonds. The Morgan fingerprint density at radius 3 is 2.92 bits per heavy atom. The minimum absolute atomic E-state index is 0.109. The first-order chi connectivity index (χ1) is 11.7. The Bertz CT molecular complexity index is 708. The summed E-state index contributed by atoms with van der Waals surface area (Å²) >= 11 is 0. The monoisotopic (exact) mass is 331 g/mol. The van der Waals surface area contributed by atoms with Crippen molar-refractivity contribution in [3.05, 3.63) is 41.6 Å². The fraction of sp³-hybridized carbons (Fsp3) is 0.412. The van der Waals surface area contributed by atoms with Gasteiger partial charge >= 0.3 is 0 Å². The highest BCUT2D eigenvalue weighted by Crippen LogP contribution is 2.27. The summed E-state index contributed by atoms with van der Waals surface area (Å²) in [7, 11) is 3.16. The molecule has 1 saturated heterocycles. The lowest BCUT2D eigenvalue weighted by Crippen LogP contribution is -2.23. The van der Waals surface area contributed by atoms with Gasteiger partial charge in [-0.25, -0.2) is 4.98 Å². The summed E-state index contributed by atoms with van der Waals surface area (Å²) in [4.78, 5) is 16.5. The zero-order valence-electron chi connectivity index (χ0n) is 13.8. The summed E-state index contributed by atoms with van der Waals surface area (Å²) < 4.78 is 15.9. The Hall–Kier alpha value is -2.54. The maximum absolute atomic E-state index is 12.2. The number of oxazole rings is 1. The van der Waals surface area contributed by atoms with Crippen molar-refractivity contribution in [2.45, 2.75) is 25.4 Å². The number of hydrogen-bond donors (Lipinski definition) is 2. The molecule has 0 aliphatic carbocycles. The molecule has 3 rings (SSSR count). The van der Waals surface area contributed by atoms with Crippen molar-refractivity contribution in [3.8, 4) is 11.5 Å². The van der Waals surface area contributed by atoms with Crippen molar-refractivity contribution in [1.29, 1.82) is 0 Å². The molecule has 0 saturated carbocycles. The molecule has 7 nitrogen and oxygen atoms in total. The second kappa shape index (κ2) is 7.35. The van der Waals surface area contributed by atoms with Gasteiger partial charge in [-0.05, 0) is 37.1 Å². The summed E-state index contributed by atoms with van der Waals surface area (Å²) in [6.07, 6.45) is 3.47. The Morgan fingerprint density at radius 1 is 1.38 bits per heavy atom. The number of nitrogens with zero attached hydrogens (tertiary/aromatic N) is 1. The van der Waals surface area contributed by atoms with Gasteiger partial charge in [0, 0.05) is 6.54 Å². The molecule has 1 unspecified atom stereocenters. The molecule has 0 radical (unpaired) electrons. The van der Waals surface area contributed by atoms with Crippen LogP contribution in [0.4, 0.5) is 0 Å². The molecule has 1 aromatic carbocycles. The first kappa shape index (κ1) is 16.3. The Morgan fingerprint density at radius 2 is 2.21 bits per heavy atom. The molecular formula is C17H21N3O4. The Balaban J connectivity index is 1.61. The van der Waals surface area contributed by atoms with E-state index < -0.39 is 0 Å². The molecule has 1 aliphatic rings. The molecule has 1 aromatic heterocycles. The van der Waals surface area contributed by atoms with E-state index in [0.717, 1.165) is 24.9 Å². The number of rotatable bonds is 6. The summed E-state index contributed by atoms with van der Waals surface area (Å²) in [5, 5.41) is 6.12. The largest absolute Gasteiger partial charge is 0.493 e. The minimum atomic E-state index is -0.266. The lowest BCUT2D eigenvalue weighted by Gasteiger charge is -2.10. The molecule has 2 aromatic rings. The smallest absolute Gasteiger partial charge is 0.273 e. The average molecular weight is 331 g/mol. The Labute approximate surface area is 140 Å². The van der Waals surface area contributed by atoms with Crippen LogP contribution in [0.3, 0.4) is 0 Å². The number of carbonyl (C=O) groups is 1. The number of amides is 1. The lowest BCUT2D eigenvalue weighted by atomic mass is 10.2. The second-order valence-electron chi connectivity index (χ2n) is 5.59.